The Hall–Kier alpha value is -3.78. The van der Waals surface area contributed by atoms with Gasteiger partial charge in [0.2, 0.25) is 6.33 Å². The summed E-state index contributed by atoms with van der Waals surface area (Å²) in [6, 6.07) is 29.6. The minimum atomic E-state index is -2.41. The van der Waals surface area contributed by atoms with Crippen LogP contribution in [0.15, 0.2) is 97.3 Å². The molecule has 0 saturated carbocycles. The zero-order valence-corrected chi connectivity index (χ0v) is 28.6. The zero-order chi connectivity index (χ0) is 33.4. The van der Waals surface area contributed by atoms with Crippen LogP contribution in [-0.4, -0.2) is 59.0 Å². The van der Waals surface area contributed by atoms with Gasteiger partial charge in [0.1, 0.15) is 24.4 Å². The van der Waals surface area contributed by atoms with Crippen molar-refractivity contribution in [1.82, 2.24) is 14.8 Å². The number of benzene rings is 3. The van der Waals surface area contributed by atoms with Crippen LogP contribution >= 0.6 is 0 Å². The molecule has 11 nitrogen and oxygen atoms in total. The molecule has 0 amide bonds. The van der Waals surface area contributed by atoms with E-state index in [0.29, 0.717) is 6.61 Å². The highest BCUT2D eigenvalue weighted by Crippen LogP contribution is 2.42. The summed E-state index contributed by atoms with van der Waals surface area (Å²) < 4.78 is 34.9. The van der Waals surface area contributed by atoms with Gasteiger partial charge in [-0.25, -0.2) is 0 Å². The smallest absolute Gasteiger partial charge is 0.408 e. The Balaban J connectivity index is 1.54. The van der Waals surface area contributed by atoms with Gasteiger partial charge in [-0.1, -0.05) is 117 Å². The van der Waals surface area contributed by atoms with E-state index in [1.165, 1.54) is 11.0 Å². The summed E-state index contributed by atoms with van der Waals surface area (Å²) in [6.45, 7) is 12.0. The highest BCUT2D eigenvalue weighted by Gasteiger charge is 2.53. The fraction of sp³-hybridized carbons (Fsp3) is 0.429. The molecule has 5 rings (SSSR count). The Bertz CT molecular complexity index is 1550. The van der Waals surface area contributed by atoms with E-state index >= 15 is 0 Å². The molecule has 0 spiro atoms. The van der Waals surface area contributed by atoms with E-state index in [4.69, 9.17) is 23.4 Å². The fourth-order valence-corrected chi connectivity index (χ4v) is 6.46. The molecule has 3 aromatic carbocycles. The van der Waals surface area contributed by atoms with Crippen molar-refractivity contribution in [2.24, 2.45) is 0 Å². The van der Waals surface area contributed by atoms with Gasteiger partial charge in [0.05, 0.1) is 26.4 Å². The Morgan fingerprint density at radius 1 is 0.809 bits per heavy atom. The second-order valence-electron chi connectivity index (χ2n) is 13.2. The van der Waals surface area contributed by atoms with Crippen molar-refractivity contribution in [3.05, 3.63) is 124 Å². The third kappa shape index (κ3) is 8.98. The van der Waals surface area contributed by atoms with E-state index in [0.717, 1.165) is 16.7 Å². The largest absolute Gasteiger partial charge is 0.491 e. The van der Waals surface area contributed by atoms with Crippen LogP contribution in [0.25, 0.3) is 0 Å². The van der Waals surface area contributed by atoms with Crippen LogP contribution in [-0.2, 0) is 43.2 Å². The number of nitrogens with zero attached hydrogens (tertiary/aromatic N) is 4. The summed E-state index contributed by atoms with van der Waals surface area (Å²) in [6.07, 6.45) is -2.29. The van der Waals surface area contributed by atoms with Crippen molar-refractivity contribution >= 4 is 14.3 Å². The summed E-state index contributed by atoms with van der Waals surface area (Å²) in [5.74, 6) is -0.534. The summed E-state index contributed by atoms with van der Waals surface area (Å²) >= 11 is 0. The van der Waals surface area contributed by atoms with Crippen LogP contribution < -0.4 is 0 Å². The van der Waals surface area contributed by atoms with Gasteiger partial charge in [-0.3, -0.25) is 0 Å². The van der Waals surface area contributed by atoms with Gasteiger partial charge in [0.25, 0.3) is 0 Å². The Kier molecular flexibility index (Phi) is 11.3. The van der Waals surface area contributed by atoms with Crippen LogP contribution in [0.3, 0.4) is 0 Å². The number of ether oxygens (including phenoxy) is 4. The van der Waals surface area contributed by atoms with Crippen LogP contribution in [0.5, 0.6) is 0 Å². The lowest BCUT2D eigenvalue weighted by molar-refractivity contribution is -0.394. The molecular formula is C35H44N4O7Si. The lowest BCUT2D eigenvalue weighted by atomic mass is 9.97. The summed E-state index contributed by atoms with van der Waals surface area (Å²) in [7, 11) is -2.41. The first kappa shape index (κ1) is 34.5. The molecule has 5 atom stereocenters. The van der Waals surface area contributed by atoms with Gasteiger partial charge >= 0.3 is 5.95 Å². The van der Waals surface area contributed by atoms with Crippen molar-refractivity contribution in [3.8, 4) is 0 Å². The third-order valence-corrected chi connectivity index (χ3v) is 13.2. The standard InChI is InChI=1S/C35H44N4O7Si/c1-35(2,3)47(4,5)46-30-29(24-42-21-26-15-9-6-10-16-26)45-33(38-25-36-34(37-38)39(40)41)32(44-23-28-19-13-8-14-20-28)31(30)43-22-27-17-11-7-12-18-27/h6-20,25,29-33H,21-24H2,1-5H3/t29-,30-,31+,32-,33?/m1/s1. The monoisotopic (exact) mass is 660 g/mol. The molecule has 1 aliphatic rings. The number of rotatable bonds is 14. The normalized spacial score (nSPS) is 21.9. The average molecular weight is 661 g/mol. The van der Waals surface area contributed by atoms with E-state index < -0.39 is 49.8 Å². The number of nitro groups is 1. The van der Waals surface area contributed by atoms with Crippen molar-refractivity contribution in [1.29, 1.82) is 0 Å². The predicted octanol–water partition coefficient (Wildman–Crippen LogP) is 6.86. The van der Waals surface area contributed by atoms with Crippen LogP contribution in [0.2, 0.25) is 18.1 Å². The van der Waals surface area contributed by atoms with Gasteiger partial charge in [-0.15, -0.1) is 4.68 Å². The van der Waals surface area contributed by atoms with Gasteiger partial charge in [0.15, 0.2) is 14.5 Å². The molecule has 0 aliphatic carbocycles. The molecule has 12 heteroatoms. The minimum absolute atomic E-state index is 0.115. The molecular weight excluding hydrogens is 616 g/mol. The molecule has 0 bridgehead atoms. The van der Waals surface area contributed by atoms with Gasteiger partial charge < -0.3 is 33.5 Å². The molecule has 1 aromatic heterocycles. The van der Waals surface area contributed by atoms with E-state index in [1.54, 1.807) is 0 Å². The SMILES string of the molecule is CC(C)(C)[Si](C)(C)O[C@H]1[C@H](OCc2ccccc2)[C@@H](OCc2ccccc2)C(n2cnc([N+](=O)[O-])n2)O[C@@H]1COCc1ccccc1. The summed E-state index contributed by atoms with van der Waals surface area (Å²) in [4.78, 5) is 14.9. The quantitative estimate of drug-likeness (QED) is 0.0811. The first-order chi connectivity index (χ1) is 22.5. The molecule has 1 fully saturated rings. The van der Waals surface area contributed by atoms with Gasteiger partial charge in [-0.05, 0) is 39.7 Å². The van der Waals surface area contributed by atoms with Gasteiger partial charge in [0, 0.05) is 5.10 Å². The Morgan fingerprint density at radius 3 is 1.81 bits per heavy atom. The molecule has 2 heterocycles. The highest BCUT2D eigenvalue weighted by molar-refractivity contribution is 6.74. The van der Waals surface area contributed by atoms with Crippen molar-refractivity contribution in [3.63, 3.8) is 0 Å². The maximum absolute atomic E-state index is 11.6. The number of hydrogen-bond acceptors (Lipinski definition) is 9. The van der Waals surface area contributed by atoms with E-state index in [9.17, 15) is 10.1 Å². The van der Waals surface area contributed by atoms with Crippen LogP contribution in [0.1, 0.15) is 43.7 Å². The summed E-state index contributed by atoms with van der Waals surface area (Å²) in [5, 5.41) is 15.6. The topological polar surface area (TPSA) is 120 Å². The molecule has 0 radical (unpaired) electrons. The van der Waals surface area contributed by atoms with Crippen molar-refractivity contribution in [2.45, 2.75) is 89.4 Å². The Morgan fingerprint density at radius 2 is 1.32 bits per heavy atom. The molecule has 47 heavy (non-hydrogen) atoms. The molecule has 1 aliphatic heterocycles. The van der Waals surface area contributed by atoms with Gasteiger partial charge in [-0.2, -0.15) is 0 Å². The molecule has 1 unspecified atom stereocenters. The van der Waals surface area contributed by atoms with E-state index in [1.807, 2.05) is 91.0 Å². The fourth-order valence-electron chi connectivity index (χ4n) is 5.14. The lowest BCUT2D eigenvalue weighted by Crippen LogP contribution is -2.62. The lowest BCUT2D eigenvalue weighted by Gasteiger charge is -2.49. The predicted molar refractivity (Wildman–Crippen MR) is 179 cm³/mol. The third-order valence-electron chi connectivity index (χ3n) is 8.73. The maximum atomic E-state index is 11.6. The molecule has 4 aromatic rings. The van der Waals surface area contributed by atoms with E-state index in [-0.39, 0.29) is 24.9 Å². The first-order valence-electron chi connectivity index (χ1n) is 15.8. The molecule has 1 saturated heterocycles. The molecule has 250 valence electrons. The molecule has 0 N–H and O–H groups in total. The van der Waals surface area contributed by atoms with E-state index in [2.05, 4.69) is 43.9 Å². The van der Waals surface area contributed by atoms with Crippen molar-refractivity contribution in [2.75, 3.05) is 6.61 Å². The van der Waals surface area contributed by atoms with Crippen LogP contribution in [0.4, 0.5) is 5.95 Å². The Labute approximate surface area is 277 Å². The second-order valence-corrected chi connectivity index (χ2v) is 18.0. The zero-order valence-electron chi connectivity index (χ0n) is 27.6. The highest BCUT2D eigenvalue weighted by atomic mass is 28.4. The summed E-state index contributed by atoms with van der Waals surface area (Å²) in [5.41, 5.74) is 2.96. The number of aromatic nitrogens is 3. The average Bonchev–Trinajstić information content (AvgIpc) is 3.55. The number of hydrogen-bond donors (Lipinski definition) is 0. The maximum Gasteiger partial charge on any atom is 0.491 e. The first-order valence-corrected chi connectivity index (χ1v) is 18.7. The minimum Gasteiger partial charge on any atom is -0.408 e. The van der Waals surface area contributed by atoms with Crippen LogP contribution in [0, 0.1) is 10.1 Å². The van der Waals surface area contributed by atoms with Crippen molar-refractivity contribution < 1.29 is 28.3 Å². The second kappa shape index (κ2) is 15.4.